The Balaban J connectivity index is 2.64. The number of aliphatic hydroxyl groups is 4. The number of esters is 2. The number of aliphatic hydroxyl groups excluding tert-OH is 4. The molecule has 0 spiro atoms. The fourth-order valence-corrected chi connectivity index (χ4v) is 8.37. The molecule has 0 aromatic rings. The van der Waals surface area contributed by atoms with E-state index in [1.165, 1.54) is 44.9 Å². The van der Waals surface area contributed by atoms with Gasteiger partial charge in [-0.25, -0.2) is 9.13 Å². The molecule has 1 aliphatic rings. The minimum absolute atomic E-state index is 0.0253. The number of rotatable bonds is 39. The second kappa shape index (κ2) is 37.7. The summed E-state index contributed by atoms with van der Waals surface area (Å²) in [5.41, 5.74) is 0. The first-order valence-corrected chi connectivity index (χ1v) is 26.9. The third-order valence-corrected chi connectivity index (χ3v) is 12.1. The summed E-state index contributed by atoms with van der Waals surface area (Å²) in [5, 5.41) is 41.2. The predicted molar refractivity (Wildman–Crippen MR) is 250 cm³/mol. The lowest BCUT2D eigenvalue weighted by atomic mass is 9.85. The van der Waals surface area contributed by atoms with Gasteiger partial charge >= 0.3 is 27.6 Å². The van der Waals surface area contributed by atoms with Crippen LogP contribution in [0.4, 0.5) is 0 Å². The Morgan fingerprint density at radius 1 is 0.492 bits per heavy atom. The van der Waals surface area contributed by atoms with Crippen molar-refractivity contribution in [2.45, 2.75) is 211 Å². The molecule has 0 amide bonds. The predicted octanol–water partition coefficient (Wildman–Crippen LogP) is 9.06. The van der Waals surface area contributed by atoms with Gasteiger partial charge in [-0.3, -0.25) is 23.2 Å². The molecule has 1 saturated carbocycles. The van der Waals surface area contributed by atoms with E-state index >= 15 is 0 Å². The van der Waals surface area contributed by atoms with Gasteiger partial charge in [-0.1, -0.05) is 139 Å². The van der Waals surface area contributed by atoms with E-state index in [0.29, 0.717) is 19.3 Å². The molecular formula is C47H82O16P2. The summed E-state index contributed by atoms with van der Waals surface area (Å²) in [6.07, 6.45) is 29.0. The smallest absolute Gasteiger partial charge is 0.462 e. The van der Waals surface area contributed by atoms with Crippen LogP contribution < -0.4 is 0 Å². The Labute approximate surface area is 388 Å². The average molecular weight is 965 g/mol. The maximum atomic E-state index is 13.0. The number of carbonyl (C=O) groups is 2. The van der Waals surface area contributed by atoms with Crippen LogP contribution in [0.25, 0.3) is 0 Å². The highest BCUT2D eigenvalue weighted by Crippen LogP contribution is 2.49. The van der Waals surface area contributed by atoms with Crippen LogP contribution in [0.5, 0.6) is 0 Å². The fourth-order valence-electron chi connectivity index (χ4n) is 6.84. The molecule has 1 aliphatic carbocycles. The zero-order chi connectivity index (χ0) is 48.2. The maximum absolute atomic E-state index is 13.0. The summed E-state index contributed by atoms with van der Waals surface area (Å²) in [7, 11) is -10.7. The lowest BCUT2D eigenvalue weighted by Gasteiger charge is -2.43. The maximum Gasteiger partial charge on any atom is 0.472 e. The van der Waals surface area contributed by atoms with Crippen LogP contribution in [0.3, 0.4) is 0 Å². The number of allylic oxidation sites excluding steroid dienone is 10. The molecule has 16 nitrogen and oxygen atoms in total. The fraction of sp³-hybridized carbons (Fsp3) is 0.745. The summed E-state index contributed by atoms with van der Waals surface area (Å²) >= 11 is 0. The number of hydrogen-bond acceptors (Lipinski definition) is 13. The van der Waals surface area contributed by atoms with Crippen LogP contribution in [0, 0.1) is 0 Å². The zero-order valence-electron chi connectivity index (χ0n) is 38.9. The summed E-state index contributed by atoms with van der Waals surface area (Å²) in [4.78, 5) is 54.2. The van der Waals surface area contributed by atoms with Crippen LogP contribution in [0.2, 0.25) is 0 Å². The Hall–Kier alpha value is -2.30. The average Bonchev–Trinajstić information content (AvgIpc) is 3.26. The van der Waals surface area contributed by atoms with Gasteiger partial charge in [0.05, 0.1) is 6.61 Å². The number of hydrogen-bond donors (Lipinski definition) is 7. The van der Waals surface area contributed by atoms with Crippen molar-refractivity contribution in [2.24, 2.45) is 0 Å². The molecule has 0 aromatic carbocycles. The lowest BCUT2D eigenvalue weighted by Crippen LogP contribution is -2.64. The standard InChI is InChI=1S/C47H82O16P2/c1-3-5-7-9-11-13-15-17-19-20-22-23-25-27-29-31-33-35-40(48)59-37-39(61-41(49)36-34-32-30-28-26-24-21-18-16-14-12-10-8-6-4-2)38-60-65(57,58)63-47-44(52)42(50)43(51)46(45(47)53)62-64(54,55)56/h11,13-14,16-17,19,22-23,27,29,39,42-47,50-53H,3-10,12,15,18,20-21,24-26,28,30-38H2,1-2H3,(H,57,58)(H2,54,55,56)/t39-,42?,43?,44?,45?,46-,47+/m1/s1. The largest absolute Gasteiger partial charge is 0.472 e. The number of phosphoric acid groups is 2. The van der Waals surface area contributed by atoms with Gasteiger partial charge in [0.1, 0.15) is 43.2 Å². The number of ether oxygens (including phenoxy) is 2. The first-order chi connectivity index (χ1) is 31.1. The molecule has 0 saturated heterocycles. The Morgan fingerprint density at radius 2 is 0.908 bits per heavy atom. The molecule has 0 radical (unpaired) electrons. The molecule has 8 atom stereocenters. The van der Waals surface area contributed by atoms with Gasteiger partial charge in [-0.15, -0.1) is 0 Å². The molecule has 376 valence electrons. The third kappa shape index (κ3) is 32.2. The van der Waals surface area contributed by atoms with Crippen LogP contribution in [0.15, 0.2) is 60.8 Å². The molecule has 0 bridgehead atoms. The van der Waals surface area contributed by atoms with E-state index in [9.17, 15) is 53.8 Å². The van der Waals surface area contributed by atoms with E-state index in [1.54, 1.807) is 0 Å². The minimum Gasteiger partial charge on any atom is -0.462 e. The van der Waals surface area contributed by atoms with Gasteiger partial charge in [-0.05, 0) is 77.0 Å². The molecule has 18 heteroatoms. The highest BCUT2D eigenvalue weighted by molar-refractivity contribution is 7.47. The van der Waals surface area contributed by atoms with Crippen molar-refractivity contribution in [1.82, 2.24) is 0 Å². The Kier molecular flexibility index (Phi) is 35.2. The first kappa shape index (κ1) is 60.7. The molecule has 7 N–H and O–H groups in total. The first-order valence-electron chi connectivity index (χ1n) is 23.8. The normalized spacial score (nSPS) is 22.2. The van der Waals surface area contributed by atoms with Crippen molar-refractivity contribution in [3.63, 3.8) is 0 Å². The summed E-state index contributed by atoms with van der Waals surface area (Å²) < 4.78 is 49.3. The molecule has 65 heavy (non-hydrogen) atoms. The summed E-state index contributed by atoms with van der Waals surface area (Å²) in [6.45, 7) is 3.01. The van der Waals surface area contributed by atoms with E-state index in [1.807, 2.05) is 12.2 Å². The topological polar surface area (TPSA) is 256 Å². The second-order valence-electron chi connectivity index (χ2n) is 16.5. The van der Waals surface area contributed by atoms with Gasteiger partial charge in [-0.2, -0.15) is 0 Å². The number of carbonyl (C=O) groups excluding carboxylic acids is 2. The summed E-state index contributed by atoms with van der Waals surface area (Å²) in [5.74, 6) is -1.28. The van der Waals surface area contributed by atoms with Crippen molar-refractivity contribution < 1.29 is 76.9 Å². The van der Waals surface area contributed by atoms with Crippen molar-refractivity contribution >= 4 is 27.6 Å². The van der Waals surface area contributed by atoms with Crippen LogP contribution in [-0.4, -0.2) is 103 Å². The van der Waals surface area contributed by atoms with E-state index < -0.39 is 83.5 Å². The minimum atomic E-state index is -5.37. The SMILES string of the molecule is CCCCCC=CCC=CCC=CCC=CCCCC(=O)OC[C@H](COP(=O)(O)O[C@H]1C(O)C(O)C(O)[C@@H](OP(=O)(O)O)C1O)OC(=O)CCCCCCCCCC=CCCCCCC. The van der Waals surface area contributed by atoms with Gasteiger partial charge in [0.15, 0.2) is 6.10 Å². The van der Waals surface area contributed by atoms with E-state index in [-0.39, 0.29) is 12.8 Å². The number of phosphoric ester groups is 2. The summed E-state index contributed by atoms with van der Waals surface area (Å²) in [6, 6.07) is 0. The quantitative estimate of drug-likeness (QED) is 0.0131. The van der Waals surface area contributed by atoms with E-state index in [2.05, 4.69) is 67.0 Å². The molecular weight excluding hydrogens is 882 g/mol. The van der Waals surface area contributed by atoms with Gasteiger partial charge in [0.25, 0.3) is 0 Å². The highest BCUT2D eigenvalue weighted by Gasteiger charge is 2.54. The van der Waals surface area contributed by atoms with Crippen molar-refractivity contribution in [2.75, 3.05) is 13.2 Å². The molecule has 0 heterocycles. The Morgan fingerprint density at radius 3 is 1.45 bits per heavy atom. The van der Waals surface area contributed by atoms with Crippen LogP contribution >= 0.6 is 15.6 Å². The van der Waals surface area contributed by atoms with E-state index in [4.69, 9.17) is 18.5 Å². The highest BCUT2D eigenvalue weighted by atomic mass is 31.2. The second-order valence-corrected chi connectivity index (χ2v) is 19.1. The van der Waals surface area contributed by atoms with E-state index in [0.717, 1.165) is 77.0 Å². The van der Waals surface area contributed by atoms with Gasteiger partial charge in [0.2, 0.25) is 0 Å². The van der Waals surface area contributed by atoms with Crippen molar-refractivity contribution in [3.05, 3.63) is 60.8 Å². The Bertz CT molecular complexity index is 1490. The molecule has 0 aromatic heterocycles. The van der Waals surface area contributed by atoms with Gasteiger partial charge < -0.3 is 44.6 Å². The monoisotopic (exact) mass is 965 g/mol. The number of unbranched alkanes of at least 4 members (excludes halogenated alkanes) is 15. The van der Waals surface area contributed by atoms with Crippen molar-refractivity contribution in [1.29, 1.82) is 0 Å². The van der Waals surface area contributed by atoms with Crippen LogP contribution in [0.1, 0.15) is 168 Å². The third-order valence-electron chi connectivity index (χ3n) is 10.6. The molecule has 5 unspecified atom stereocenters. The molecule has 1 rings (SSSR count). The molecule has 0 aliphatic heterocycles. The lowest BCUT2D eigenvalue weighted by molar-refractivity contribution is -0.216. The molecule has 1 fully saturated rings. The zero-order valence-corrected chi connectivity index (χ0v) is 40.7. The van der Waals surface area contributed by atoms with Crippen molar-refractivity contribution in [3.8, 4) is 0 Å². The van der Waals surface area contributed by atoms with Gasteiger partial charge in [0, 0.05) is 12.8 Å². The van der Waals surface area contributed by atoms with Crippen LogP contribution in [-0.2, 0) is 41.8 Å².